The van der Waals surface area contributed by atoms with Gasteiger partial charge in [0.05, 0.1) is 0 Å². The summed E-state index contributed by atoms with van der Waals surface area (Å²) in [5.41, 5.74) is 1.14. The van der Waals surface area contributed by atoms with Crippen molar-refractivity contribution in [1.82, 2.24) is 10.2 Å². The van der Waals surface area contributed by atoms with E-state index in [-0.39, 0.29) is 5.91 Å². The number of piperidine rings is 1. The van der Waals surface area contributed by atoms with Crippen LogP contribution in [0.1, 0.15) is 38.2 Å². The minimum Gasteiger partial charge on any atom is -0.339 e. The van der Waals surface area contributed by atoms with Crippen LogP contribution < -0.4 is 5.32 Å². The Morgan fingerprint density at radius 2 is 1.95 bits per heavy atom. The molecule has 1 aliphatic rings. The van der Waals surface area contributed by atoms with E-state index >= 15 is 0 Å². The van der Waals surface area contributed by atoms with Gasteiger partial charge in [-0.25, -0.2) is 0 Å². The molecule has 1 fully saturated rings. The lowest BCUT2D eigenvalue weighted by Gasteiger charge is -2.25. The van der Waals surface area contributed by atoms with Crippen molar-refractivity contribution in [2.24, 2.45) is 5.92 Å². The van der Waals surface area contributed by atoms with Crippen LogP contribution in [0.2, 0.25) is 5.02 Å². The van der Waals surface area contributed by atoms with E-state index in [1.807, 2.05) is 36.1 Å². The molecule has 1 aliphatic heterocycles. The van der Waals surface area contributed by atoms with Crippen LogP contribution in [0.3, 0.4) is 0 Å². The summed E-state index contributed by atoms with van der Waals surface area (Å²) in [6.07, 6.45) is 4.11. The molecule has 0 aromatic heterocycles. The first-order valence-electron chi connectivity index (χ1n) is 7.92. The Hall–Kier alpha value is -1.06. The molecule has 1 aromatic carbocycles. The van der Waals surface area contributed by atoms with Crippen LogP contribution in [0.4, 0.5) is 0 Å². The highest BCUT2D eigenvalue weighted by atomic mass is 35.5. The van der Waals surface area contributed by atoms with Gasteiger partial charge in [-0.15, -0.1) is 0 Å². The Labute approximate surface area is 132 Å². The van der Waals surface area contributed by atoms with Gasteiger partial charge in [-0.1, -0.05) is 23.7 Å². The van der Waals surface area contributed by atoms with E-state index in [1.54, 1.807) is 0 Å². The number of rotatable bonds is 6. The molecule has 1 saturated heterocycles. The zero-order valence-corrected chi connectivity index (χ0v) is 13.5. The molecule has 1 N–H and O–H groups in total. The molecule has 2 rings (SSSR count). The molecule has 1 amide bonds. The summed E-state index contributed by atoms with van der Waals surface area (Å²) < 4.78 is 0. The Bertz CT molecular complexity index is 441. The van der Waals surface area contributed by atoms with Crippen molar-refractivity contribution in [1.29, 1.82) is 0 Å². The van der Waals surface area contributed by atoms with Crippen LogP contribution in [0, 0.1) is 5.92 Å². The highest BCUT2D eigenvalue weighted by Crippen LogP contribution is 2.19. The number of benzene rings is 1. The number of nitrogens with zero attached hydrogens (tertiary/aromatic N) is 1. The zero-order chi connectivity index (χ0) is 15.1. The molecule has 1 heterocycles. The Balaban J connectivity index is 1.81. The van der Waals surface area contributed by atoms with Gasteiger partial charge in [0.1, 0.15) is 0 Å². The zero-order valence-electron chi connectivity index (χ0n) is 12.8. The largest absolute Gasteiger partial charge is 0.339 e. The Kier molecular flexibility index (Phi) is 6.52. The predicted octanol–water partition coefficient (Wildman–Crippen LogP) is 3.47. The first-order valence-corrected chi connectivity index (χ1v) is 8.29. The summed E-state index contributed by atoms with van der Waals surface area (Å²) >= 11 is 5.89. The molecule has 21 heavy (non-hydrogen) atoms. The second kappa shape index (κ2) is 8.40. The molecule has 0 aliphatic carbocycles. The quantitative estimate of drug-likeness (QED) is 0.873. The number of carbonyl (C=O) groups is 1. The molecular formula is C17H25ClN2O. The summed E-state index contributed by atoms with van der Waals surface area (Å²) in [7, 11) is 0. The average molecular weight is 309 g/mol. The molecule has 0 saturated carbocycles. The molecule has 3 nitrogen and oxygen atoms in total. The van der Waals surface area contributed by atoms with E-state index < -0.39 is 0 Å². The van der Waals surface area contributed by atoms with Crippen LogP contribution in [-0.4, -0.2) is 30.4 Å². The Morgan fingerprint density at radius 3 is 2.57 bits per heavy atom. The summed E-state index contributed by atoms with van der Waals surface area (Å²) in [5.74, 6) is 0.982. The molecule has 0 bridgehead atoms. The number of amides is 1. The van der Waals surface area contributed by atoms with Gasteiger partial charge in [-0.05, 0) is 62.9 Å². The first kappa shape index (κ1) is 16.3. The van der Waals surface area contributed by atoms with E-state index in [0.717, 1.165) is 36.6 Å². The highest BCUT2D eigenvalue weighted by Gasteiger charge is 2.17. The number of carbonyl (C=O) groups excluding carboxylic acids is 1. The summed E-state index contributed by atoms with van der Waals surface area (Å²) in [5, 5.41) is 4.10. The third-order valence-electron chi connectivity index (χ3n) is 4.25. The van der Waals surface area contributed by atoms with Gasteiger partial charge in [0, 0.05) is 24.5 Å². The van der Waals surface area contributed by atoms with Crippen molar-refractivity contribution < 1.29 is 4.79 Å². The lowest BCUT2D eigenvalue weighted by atomic mass is 9.93. The van der Waals surface area contributed by atoms with Crippen LogP contribution in [0.15, 0.2) is 24.3 Å². The molecule has 0 spiro atoms. The minimum absolute atomic E-state index is 0.269. The Morgan fingerprint density at radius 1 is 1.29 bits per heavy atom. The summed E-state index contributed by atoms with van der Waals surface area (Å²) in [4.78, 5) is 14.3. The molecule has 1 aromatic rings. The summed E-state index contributed by atoms with van der Waals surface area (Å²) in [6.45, 7) is 5.67. The van der Waals surface area contributed by atoms with Gasteiger partial charge in [-0.2, -0.15) is 0 Å². The second-order valence-electron chi connectivity index (χ2n) is 5.77. The van der Waals surface area contributed by atoms with Crippen LogP contribution in [-0.2, 0) is 11.3 Å². The molecule has 0 radical (unpaired) electrons. The van der Waals surface area contributed by atoms with Crippen molar-refractivity contribution in [2.45, 2.75) is 39.2 Å². The van der Waals surface area contributed by atoms with E-state index in [1.165, 1.54) is 12.8 Å². The van der Waals surface area contributed by atoms with Crippen LogP contribution in [0.25, 0.3) is 0 Å². The van der Waals surface area contributed by atoms with Gasteiger partial charge in [-0.3, -0.25) is 4.79 Å². The second-order valence-corrected chi connectivity index (χ2v) is 6.20. The topological polar surface area (TPSA) is 32.3 Å². The number of hydrogen-bond acceptors (Lipinski definition) is 2. The van der Waals surface area contributed by atoms with Gasteiger partial charge < -0.3 is 10.2 Å². The normalized spacial score (nSPS) is 15.9. The van der Waals surface area contributed by atoms with Crippen molar-refractivity contribution in [3.63, 3.8) is 0 Å². The van der Waals surface area contributed by atoms with Crippen molar-refractivity contribution in [3.8, 4) is 0 Å². The highest BCUT2D eigenvalue weighted by molar-refractivity contribution is 6.30. The fraction of sp³-hybridized carbons (Fsp3) is 0.588. The molecule has 0 atom stereocenters. The molecule has 0 unspecified atom stereocenters. The third-order valence-corrected chi connectivity index (χ3v) is 4.50. The lowest BCUT2D eigenvalue weighted by Crippen LogP contribution is -2.32. The monoisotopic (exact) mass is 308 g/mol. The first-order chi connectivity index (χ1) is 10.2. The predicted molar refractivity (Wildman–Crippen MR) is 87.4 cm³/mol. The molecule has 116 valence electrons. The summed E-state index contributed by atoms with van der Waals surface area (Å²) in [6, 6.07) is 7.74. The van der Waals surface area contributed by atoms with Crippen molar-refractivity contribution in [2.75, 3.05) is 19.6 Å². The van der Waals surface area contributed by atoms with E-state index in [9.17, 15) is 4.79 Å². The minimum atomic E-state index is 0.269. The van der Waals surface area contributed by atoms with Crippen LogP contribution in [0.5, 0.6) is 0 Å². The fourth-order valence-corrected chi connectivity index (χ4v) is 2.97. The van der Waals surface area contributed by atoms with Gasteiger partial charge in [0.25, 0.3) is 0 Å². The molecule has 4 heteroatoms. The molecular weight excluding hydrogens is 284 g/mol. The SMILES string of the molecule is CCN(Cc1ccc(Cl)cc1)C(=O)CCC1CCNCC1. The maximum Gasteiger partial charge on any atom is 0.222 e. The maximum absolute atomic E-state index is 12.4. The van der Waals surface area contributed by atoms with Gasteiger partial charge >= 0.3 is 0 Å². The number of nitrogens with one attached hydrogen (secondary N) is 1. The van der Waals surface area contributed by atoms with Gasteiger partial charge in [0.2, 0.25) is 5.91 Å². The average Bonchev–Trinajstić information content (AvgIpc) is 2.53. The van der Waals surface area contributed by atoms with Crippen molar-refractivity contribution in [3.05, 3.63) is 34.9 Å². The smallest absolute Gasteiger partial charge is 0.222 e. The number of halogens is 1. The fourth-order valence-electron chi connectivity index (χ4n) is 2.84. The van der Waals surface area contributed by atoms with Crippen molar-refractivity contribution >= 4 is 17.5 Å². The third kappa shape index (κ3) is 5.33. The van der Waals surface area contributed by atoms with Gasteiger partial charge in [0.15, 0.2) is 0 Å². The maximum atomic E-state index is 12.4. The number of hydrogen-bond donors (Lipinski definition) is 1. The van der Waals surface area contributed by atoms with E-state index in [2.05, 4.69) is 5.32 Å². The standard InChI is InChI=1S/C17H25ClN2O/c1-2-20(13-15-3-6-16(18)7-4-15)17(21)8-5-14-9-11-19-12-10-14/h3-4,6-7,14,19H,2,5,8-13H2,1H3. The van der Waals surface area contributed by atoms with E-state index in [0.29, 0.717) is 18.9 Å². The van der Waals surface area contributed by atoms with E-state index in [4.69, 9.17) is 11.6 Å². The van der Waals surface area contributed by atoms with Crippen LogP contribution >= 0.6 is 11.6 Å². The lowest BCUT2D eigenvalue weighted by molar-refractivity contribution is -0.132.